The molecule has 0 aliphatic carbocycles. The number of likely N-dealkylation sites (N-methyl/N-ethyl adjacent to an activating group) is 2. The Morgan fingerprint density at radius 2 is 2.21 bits per heavy atom. The SMILES string of the molecule is CC(N)c1ccc(N(C)C2CCCN(C)C2)cc1Cl. The third kappa shape index (κ3) is 3.41. The number of anilines is 1. The second-order valence-electron chi connectivity index (χ2n) is 5.66. The molecule has 0 aromatic heterocycles. The van der Waals surface area contributed by atoms with Crippen LogP contribution in [0.2, 0.25) is 5.02 Å². The number of nitrogens with zero attached hydrogens (tertiary/aromatic N) is 2. The average Bonchev–Trinajstić information content (AvgIpc) is 2.37. The second-order valence-corrected chi connectivity index (χ2v) is 6.07. The molecule has 0 bridgehead atoms. The summed E-state index contributed by atoms with van der Waals surface area (Å²) in [5.74, 6) is 0. The molecule has 2 N–H and O–H groups in total. The number of nitrogens with two attached hydrogens (primary N) is 1. The van der Waals surface area contributed by atoms with Crippen LogP contribution in [0.5, 0.6) is 0 Å². The molecule has 106 valence electrons. The zero-order valence-corrected chi connectivity index (χ0v) is 12.8. The highest BCUT2D eigenvalue weighted by Gasteiger charge is 2.21. The average molecular weight is 282 g/mol. The summed E-state index contributed by atoms with van der Waals surface area (Å²) in [5, 5.41) is 0.767. The van der Waals surface area contributed by atoms with E-state index in [9.17, 15) is 0 Å². The Morgan fingerprint density at radius 3 is 2.79 bits per heavy atom. The van der Waals surface area contributed by atoms with E-state index in [1.165, 1.54) is 25.1 Å². The van der Waals surface area contributed by atoms with Gasteiger partial charge in [-0.1, -0.05) is 17.7 Å². The Morgan fingerprint density at radius 1 is 1.47 bits per heavy atom. The highest BCUT2D eigenvalue weighted by Crippen LogP contribution is 2.28. The number of rotatable bonds is 3. The fourth-order valence-corrected chi connectivity index (χ4v) is 3.12. The highest BCUT2D eigenvalue weighted by atomic mass is 35.5. The normalized spacial score (nSPS) is 22.3. The van der Waals surface area contributed by atoms with Crippen LogP contribution in [0.1, 0.15) is 31.4 Å². The van der Waals surface area contributed by atoms with E-state index in [1.807, 2.05) is 19.1 Å². The van der Waals surface area contributed by atoms with Crippen LogP contribution in [-0.2, 0) is 0 Å². The van der Waals surface area contributed by atoms with Crippen molar-refractivity contribution in [1.29, 1.82) is 0 Å². The molecule has 0 spiro atoms. The summed E-state index contributed by atoms with van der Waals surface area (Å²) in [5.41, 5.74) is 8.09. The molecule has 0 radical (unpaired) electrons. The summed E-state index contributed by atoms with van der Waals surface area (Å²) < 4.78 is 0. The molecule has 2 unspecified atom stereocenters. The third-order valence-corrected chi connectivity index (χ3v) is 4.36. The van der Waals surface area contributed by atoms with Crippen molar-refractivity contribution >= 4 is 17.3 Å². The van der Waals surface area contributed by atoms with Crippen molar-refractivity contribution in [3.05, 3.63) is 28.8 Å². The molecule has 1 saturated heterocycles. The molecular weight excluding hydrogens is 258 g/mol. The number of hydrogen-bond donors (Lipinski definition) is 1. The molecule has 1 aromatic rings. The van der Waals surface area contributed by atoms with Crippen molar-refractivity contribution in [2.75, 3.05) is 32.1 Å². The maximum atomic E-state index is 6.32. The summed E-state index contributed by atoms with van der Waals surface area (Å²) in [6.07, 6.45) is 2.50. The van der Waals surface area contributed by atoms with E-state index in [0.717, 1.165) is 17.1 Å². The monoisotopic (exact) mass is 281 g/mol. The van der Waals surface area contributed by atoms with Crippen LogP contribution in [0.15, 0.2) is 18.2 Å². The first kappa shape index (κ1) is 14.6. The predicted octanol–water partition coefficient (Wildman–Crippen LogP) is 2.89. The van der Waals surface area contributed by atoms with Gasteiger partial charge in [0.15, 0.2) is 0 Å². The molecule has 1 aliphatic rings. The Kier molecular flexibility index (Phi) is 4.71. The van der Waals surface area contributed by atoms with Gasteiger partial charge in [-0.15, -0.1) is 0 Å². The summed E-state index contributed by atoms with van der Waals surface area (Å²) >= 11 is 6.32. The Labute approximate surface area is 121 Å². The number of benzene rings is 1. The first-order chi connectivity index (χ1) is 8.99. The van der Waals surface area contributed by atoms with Crippen LogP contribution in [0.4, 0.5) is 5.69 Å². The molecule has 2 atom stereocenters. The second kappa shape index (κ2) is 6.12. The topological polar surface area (TPSA) is 32.5 Å². The Balaban J connectivity index is 2.15. The van der Waals surface area contributed by atoms with Crippen molar-refractivity contribution in [1.82, 2.24) is 4.90 Å². The zero-order valence-electron chi connectivity index (χ0n) is 12.1. The van der Waals surface area contributed by atoms with E-state index >= 15 is 0 Å². The van der Waals surface area contributed by atoms with Gasteiger partial charge in [0.1, 0.15) is 0 Å². The van der Waals surface area contributed by atoms with Crippen molar-refractivity contribution in [3.8, 4) is 0 Å². The molecule has 1 aromatic carbocycles. The summed E-state index contributed by atoms with van der Waals surface area (Å²) in [4.78, 5) is 4.73. The minimum atomic E-state index is -0.0207. The molecule has 4 heteroatoms. The van der Waals surface area contributed by atoms with Crippen molar-refractivity contribution in [2.24, 2.45) is 5.73 Å². The number of piperidine rings is 1. The van der Waals surface area contributed by atoms with Gasteiger partial charge in [-0.3, -0.25) is 0 Å². The molecular formula is C15H24ClN3. The third-order valence-electron chi connectivity index (χ3n) is 4.03. The van der Waals surface area contributed by atoms with Gasteiger partial charge in [-0.2, -0.15) is 0 Å². The van der Waals surface area contributed by atoms with E-state index in [0.29, 0.717) is 6.04 Å². The number of hydrogen-bond acceptors (Lipinski definition) is 3. The van der Waals surface area contributed by atoms with Crippen LogP contribution < -0.4 is 10.6 Å². The quantitative estimate of drug-likeness (QED) is 0.925. The van der Waals surface area contributed by atoms with Crippen LogP contribution >= 0.6 is 11.6 Å². The lowest BCUT2D eigenvalue weighted by Gasteiger charge is -2.37. The van der Waals surface area contributed by atoms with Crippen LogP contribution in [0, 0.1) is 0 Å². The number of likely N-dealkylation sites (tertiary alicyclic amines) is 1. The lowest BCUT2D eigenvalue weighted by Crippen LogP contribution is -2.45. The van der Waals surface area contributed by atoms with E-state index in [2.05, 4.69) is 30.0 Å². The van der Waals surface area contributed by atoms with Gasteiger partial charge >= 0.3 is 0 Å². The minimum absolute atomic E-state index is 0.0207. The smallest absolute Gasteiger partial charge is 0.0474 e. The lowest BCUT2D eigenvalue weighted by atomic mass is 10.0. The largest absolute Gasteiger partial charge is 0.370 e. The molecule has 2 rings (SSSR count). The van der Waals surface area contributed by atoms with Crippen molar-refractivity contribution in [3.63, 3.8) is 0 Å². The molecule has 0 saturated carbocycles. The van der Waals surface area contributed by atoms with Gasteiger partial charge < -0.3 is 15.5 Å². The van der Waals surface area contributed by atoms with Gasteiger partial charge in [-0.05, 0) is 51.1 Å². The molecule has 1 fully saturated rings. The maximum absolute atomic E-state index is 6.32. The van der Waals surface area contributed by atoms with Crippen molar-refractivity contribution < 1.29 is 0 Å². The van der Waals surface area contributed by atoms with E-state index < -0.39 is 0 Å². The van der Waals surface area contributed by atoms with Gasteiger partial charge in [0.05, 0.1) is 0 Å². The maximum Gasteiger partial charge on any atom is 0.0474 e. The first-order valence-electron chi connectivity index (χ1n) is 6.95. The van der Waals surface area contributed by atoms with Gasteiger partial charge in [0.2, 0.25) is 0 Å². The fraction of sp³-hybridized carbons (Fsp3) is 0.600. The molecule has 19 heavy (non-hydrogen) atoms. The van der Waals surface area contributed by atoms with Gasteiger partial charge in [0.25, 0.3) is 0 Å². The Bertz CT molecular complexity index is 433. The van der Waals surface area contributed by atoms with E-state index in [4.69, 9.17) is 17.3 Å². The predicted molar refractivity (Wildman–Crippen MR) is 83.0 cm³/mol. The molecule has 0 amide bonds. The molecule has 3 nitrogen and oxygen atoms in total. The van der Waals surface area contributed by atoms with Crippen LogP contribution in [0.3, 0.4) is 0 Å². The Hall–Kier alpha value is -0.770. The summed E-state index contributed by atoms with van der Waals surface area (Å²) in [6, 6.07) is 6.75. The van der Waals surface area contributed by atoms with Crippen LogP contribution in [-0.4, -0.2) is 38.1 Å². The molecule has 1 heterocycles. The summed E-state index contributed by atoms with van der Waals surface area (Å²) in [7, 11) is 4.34. The minimum Gasteiger partial charge on any atom is -0.370 e. The standard InChI is InChI=1S/C15H24ClN3/c1-11(17)14-7-6-12(9-15(14)16)19(3)13-5-4-8-18(2)10-13/h6-7,9,11,13H,4-5,8,10,17H2,1-3H3. The van der Waals surface area contributed by atoms with E-state index in [1.54, 1.807) is 0 Å². The van der Waals surface area contributed by atoms with Gasteiger partial charge in [0, 0.05) is 36.4 Å². The highest BCUT2D eigenvalue weighted by molar-refractivity contribution is 6.31. The van der Waals surface area contributed by atoms with Gasteiger partial charge in [-0.25, -0.2) is 0 Å². The zero-order chi connectivity index (χ0) is 14.0. The first-order valence-corrected chi connectivity index (χ1v) is 7.33. The number of halogens is 1. The van der Waals surface area contributed by atoms with E-state index in [-0.39, 0.29) is 6.04 Å². The fourth-order valence-electron chi connectivity index (χ4n) is 2.77. The summed E-state index contributed by atoms with van der Waals surface area (Å²) in [6.45, 7) is 4.28. The lowest BCUT2D eigenvalue weighted by molar-refractivity contribution is 0.248. The van der Waals surface area contributed by atoms with Crippen LogP contribution in [0.25, 0.3) is 0 Å². The van der Waals surface area contributed by atoms with Crippen molar-refractivity contribution in [2.45, 2.75) is 31.8 Å². The molecule has 1 aliphatic heterocycles.